The van der Waals surface area contributed by atoms with Crippen LogP contribution in [0.3, 0.4) is 0 Å². The molecule has 0 radical (unpaired) electrons. The number of hydrogen-bond acceptors (Lipinski definition) is 3. The molecule has 18 heavy (non-hydrogen) atoms. The topological polar surface area (TPSA) is 75.4 Å². The van der Waals surface area contributed by atoms with Crippen molar-refractivity contribution in [3.8, 4) is 0 Å². The van der Waals surface area contributed by atoms with E-state index in [0.717, 1.165) is 25.9 Å². The van der Waals surface area contributed by atoms with E-state index in [-0.39, 0.29) is 23.3 Å². The van der Waals surface area contributed by atoms with Crippen LogP contribution in [0, 0.1) is 0 Å². The maximum Gasteiger partial charge on any atom is 0.354 e. The summed E-state index contributed by atoms with van der Waals surface area (Å²) < 4.78 is 1.38. The van der Waals surface area contributed by atoms with Crippen LogP contribution in [0.1, 0.15) is 53.7 Å². The van der Waals surface area contributed by atoms with Crippen LogP contribution in [0.4, 0.5) is 0 Å². The molecule has 6 heteroatoms. The van der Waals surface area contributed by atoms with Gasteiger partial charge in [-0.25, -0.2) is 4.79 Å². The third-order valence-electron chi connectivity index (χ3n) is 3.06. The molecule has 98 valence electrons. The molecule has 0 saturated carbocycles. The zero-order valence-electron chi connectivity index (χ0n) is 10.6. The van der Waals surface area contributed by atoms with Crippen LogP contribution < -0.4 is 0 Å². The fraction of sp³-hybridized carbons (Fsp3) is 0.583. The largest absolute Gasteiger partial charge is 0.477 e. The Balaban J connectivity index is 2.31. The number of carboxylic acid groups (broad SMARTS) is 1. The van der Waals surface area contributed by atoms with Gasteiger partial charge in [0.25, 0.3) is 5.91 Å². The molecule has 0 bridgehead atoms. The van der Waals surface area contributed by atoms with E-state index >= 15 is 0 Å². The number of aromatic nitrogens is 2. The van der Waals surface area contributed by atoms with E-state index in [9.17, 15) is 9.59 Å². The molecule has 0 aliphatic carbocycles. The highest BCUT2D eigenvalue weighted by Crippen LogP contribution is 2.16. The third-order valence-corrected chi connectivity index (χ3v) is 3.06. The highest BCUT2D eigenvalue weighted by Gasteiger charge is 2.25. The quantitative estimate of drug-likeness (QED) is 0.881. The number of carbonyl (C=O) groups excluding carboxylic acids is 1. The number of hydrogen-bond donors (Lipinski definition) is 1. The molecule has 1 aliphatic heterocycles. The highest BCUT2D eigenvalue weighted by molar-refractivity contribution is 5.95. The molecule has 0 atom stereocenters. The summed E-state index contributed by atoms with van der Waals surface area (Å²) in [5.41, 5.74) is 0.288. The van der Waals surface area contributed by atoms with Crippen LogP contribution in [0.2, 0.25) is 0 Å². The van der Waals surface area contributed by atoms with Crippen molar-refractivity contribution in [2.24, 2.45) is 0 Å². The van der Waals surface area contributed by atoms with Gasteiger partial charge in [0.15, 0.2) is 5.69 Å². The molecule has 0 aromatic carbocycles. The molecule has 1 saturated heterocycles. The average molecular weight is 251 g/mol. The Bertz CT molecular complexity index is 473. The molecule has 1 aromatic heterocycles. The van der Waals surface area contributed by atoms with Crippen molar-refractivity contribution in [3.63, 3.8) is 0 Å². The number of amides is 1. The summed E-state index contributed by atoms with van der Waals surface area (Å²) in [4.78, 5) is 24.9. The summed E-state index contributed by atoms with van der Waals surface area (Å²) >= 11 is 0. The standard InChI is InChI=1S/C12H17N3O3/c1-8(2)15-10(12(17)18)7-9(13-15)11(16)14-5-3-4-6-14/h7-8H,3-6H2,1-2H3,(H,17,18). The third kappa shape index (κ3) is 2.23. The van der Waals surface area contributed by atoms with E-state index in [1.807, 2.05) is 13.8 Å². The zero-order chi connectivity index (χ0) is 13.3. The minimum absolute atomic E-state index is 0.0625. The van der Waals surface area contributed by atoms with Gasteiger partial charge in [-0.3, -0.25) is 9.48 Å². The second-order valence-corrected chi connectivity index (χ2v) is 4.76. The lowest BCUT2D eigenvalue weighted by Crippen LogP contribution is -2.28. The Hall–Kier alpha value is -1.85. The van der Waals surface area contributed by atoms with E-state index in [2.05, 4.69) is 5.10 Å². The van der Waals surface area contributed by atoms with Crippen LogP contribution in [0.25, 0.3) is 0 Å². The van der Waals surface area contributed by atoms with E-state index in [1.165, 1.54) is 10.7 Å². The predicted molar refractivity (Wildman–Crippen MR) is 64.7 cm³/mol. The molecule has 1 fully saturated rings. The van der Waals surface area contributed by atoms with Crippen molar-refractivity contribution in [1.29, 1.82) is 0 Å². The molecule has 1 aromatic rings. The minimum Gasteiger partial charge on any atom is -0.477 e. The molecule has 0 spiro atoms. The van der Waals surface area contributed by atoms with Gasteiger partial charge in [-0.15, -0.1) is 0 Å². The van der Waals surface area contributed by atoms with Crippen molar-refractivity contribution in [1.82, 2.24) is 14.7 Å². The van der Waals surface area contributed by atoms with Crippen molar-refractivity contribution in [2.45, 2.75) is 32.7 Å². The van der Waals surface area contributed by atoms with Gasteiger partial charge in [0.2, 0.25) is 0 Å². The molecule has 2 rings (SSSR count). The summed E-state index contributed by atoms with van der Waals surface area (Å²) in [7, 11) is 0. The smallest absolute Gasteiger partial charge is 0.354 e. The van der Waals surface area contributed by atoms with Crippen LogP contribution in [0.5, 0.6) is 0 Å². The van der Waals surface area contributed by atoms with Gasteiger partial charge >= 0.3 is 5.97 Å². The van der Waals surface area contributed by atoms with Crippen LogP contribution in [0.15, 0.2) is 6.07 Å². The van der Waals surface area contributed by atoms with Gasteiger partial charge in [-0.2, -0.15) is 5.10 Å². The number of rotatable bonds is 3. The van der Waals surface area contributed by atoms with Crippen molar-refractivity contribution in [3.05, 3.63) is 17.5 Å². The van der Waals surface area contributed by atoms with Gasteiger partial charge < -0.3 is 10.0 Å². The van der Waals surface area contributed by atoms with Gasteiger partial charge in [0, 0.05) is 25.2 Å². The van der Waals surface area contributed by atoms with Gasteiger partial charge in [-0.1, -0.05) is 0 Å². The maximum atomic E-state index is 12.1. The molecule has 2 heterocycles. The molecule has 6 nitrogen and oxygen atoms in total. The van der Waals surface area contributed by atoms with Crippen LogP contribution in [-0.2, 0) is 0 Å². The summed E-state index contributed by atoms with van der Waals surface area (Å²) in [6.07, 6.45) is 2.00. The second-order valence-electron chi connectivity index (χ2n) is 4.76. The monoisotopic (exact) mass is 251 g/mol. The summed E-state index contributed by atoms with van der Waals surface area (Å²) in [6.45, 7) is 5.14. The average Bonchev–Trinajstić information content (AvgIpc) is 2.97. The van der Waals surface area contributed by atoms with Gasteiger partial charge in [0.05, 0.1) is 0 Å². The fourth-order valence-electron chi connectivity index (χ4n) is 2.13. The second kappa shape index (κ2) is 4.80. The van der Waals surface area contributed by atoms with Gasteiger partial charge in [-0.05, 0) is 26.7 Å². The molecular weight excluding hydrogens is 234 g/mol. The number of carbonyl (C=O) groups is 2. The fourth-order valence-corrected chi connectivity index (χ4v) is 2.13. The lowest BCUT2D eigenvalue weighted by atomic mass is 10.3. The van der Waals surface area contributed by atoms with E-state index in [1.54, 1.807) is 4.90 Å². The molecule has 1 aliphatic rings. The number of aromatic carboxylic acids is 1. The summed E-state index contributed by atoms with van der Waals surface area (Å²) in [6, 6.07) is 1.28. The minimum atomic E-state index is -1.06. The lowest BCUT2D eigenvalue weighted by Gasteiger charge is -2.13. The van der Waals surface area contributed by atoms with Crippen molar-refractivity contribution < 1.29 is 14.7 Å². The van der Waals surface area contributed by atoms with E-state index in [4.69, 9.17) is 5.11 Å². The maximum absolute atomic E-state index is 12.1. The Morgan fingerprint density at radius 3 is 2.39 bits per heavy atom. The van der Waals surface area contributed by atoms with Crippen molar-refractivity contribution >= 4 is 11.9 Å². The zero-order valence-corrected chi connectivity index (χ0v) is 10.6. The SMILES string of the molecule is CC(C)n1nc(C(=O)N2CCCC2)cc1C(=O)O. The van der Waals surface area contributed by atoms with Crippen molar-refractivity contribution in [2.75, 3.05) is 13.1 Å². The Morgan fingerprint density at radius 1 is 1.33 bits per heavy atom. The first-order valence-corrected chi connectivity index (χ1v) is 6.13. The molecule has 1 N–H and O–H groups in total. The molecular formula is C12H17N3O3. The van der Waals surface area contributed by atoms with Crippen LogP contribution >= 0.6 is 0 Å². The first kappa shape index (κ1) is 12.6. The summed E-state index contributed by atoms with van der Waals surface area (Å²) in [5, 5.41) is 13.2. The molecule has 1 amide bonds. The Kier molecular flexibility index (Phi) is 3.36. The Morgan fingerprint density at radius 2 is 1.94 bits per heavy atom. The summed E-state index contributed by atoms with van der Waals surface area (Å²) in [5.74, 6) is -1.23. The number of carboxylic acids is 1. The lowest BCUT2D eigenvalue weighted by molar-refractivity contribution is 0.0680. The predicted octanol–water partition coefficient (Wildman–Crippen LogP) is 1.40. The first-order chi connectivity index (χ1) is 8.50. The molecule has 0 unspecified atom stereocenters. The van der Waals surface area contributed by atoms with Crippen LogP contribution in [-0.4, -0.2) is 44.8 Å². The highest BCUT2D eigenvalue weighted by atomic mass is 16.4. The normalized spacial score (nSPS) is 15.4. The van der Waals surface area contributed by atoms with Gasteiger partial charge in [0.1, 0.15) is 5.69 Å². The first-order valence-electron chi connectivity index (χ1n) is 6.13. The van der Waals surface area contributed by atoms with E-state index < -0.39 is 5.97 Å². The van der Waals surface area contributed by atoms with E-state index in [0.29, 0.717) is 0 Å². The Labute approximate surface area is 105 Å². The number of likely N-dealkylation sites (tertiary alicyclic amines) is 1. The number of nitrogens with zero attached hydrogens (tertiary/aromatic N) is 3.